The maximum atomic E-state index is 8.85. The molecule has 0 amide bonds. The zero-order valence-corrected chi connectivity index (χ0v) is 12.1. The third-order valence-corrected chi connectivity index (χ3v) is 3.63. The Kier molecular flexibility index (Phi) is 3.41. The lowest BCUT2D eigenvalue weighted by molar-refractivity contribution is 0.480. The fourth-order valence-electron chi connectivity index (χ4n) is 2.01. The molecule has 0 fully saturated rings. The SMILES string of the molecule is N#Cc1ccc(Oc2ccc3ccccc3c2)c(Br)c1. The summed E-state index contributed by atoms with van der Waals surface area (Å²) in [7, 11) is 0. The molecule has 3 rings (SSSR count). The number of ether oxygens (including phenoxy) is 1. The summed E-state index contributed by atoms with van der Waals surface area (Å²) in [6.07, 6.45) is 0. The third-order valence-electron chi connectivity index (χ3n) is 3.01. The standard InChI is InChI=1S/C17H10BrNO/c18-16-9-12(11-19)5-8-17(16)20-15-7-6-13-3-1-2-4-14(13)10-15/h1-10H. The molecule has 0 heterocycles. The van der Waals surface area contributed by atoms with Gasteiger partial charge in [0.1, 0.15) is 11.5 Å². The normalized spacial score (nSPS) is 10.2. The molecule has 3 heteroatoms. The minimum atomic E-state index is 0.600. The van der Waals surface area contributed by atoms with Gasteiger partial charge in [-0.05, 0) is 57.0 Å². The predicted molar refractivity (Wildman–Crippen MR) is 82.9 cm³/mol. The first-order valence-electron chi connectivity index (χ1n) is 6.12. The molecule has 0 bridgehead atoms. The highest BCUT2D eigenvalue weighted by atomic mass is 79.9. The van der Waals surface area contributed by atoms with Gasteiger partial charge in [-0.25, -0.2) is 0 Å². The van der Waals surface area contributed by atoms with E-state index in [-0.39, 0.29) is 0 Å². The van der Waals surface area contributed by atoms with Crippen LogP contribution < -0.4 is 4.74 Å². The smallest absolute Gasteiger partial charge is 0.141 e. The fraction of sp³-hybridized carbons (Fsp3) is 0. The van der Waals surface area contributed by atoms with Gasteiger partial charge >= 0.3 is 0 Å². The van der Waals surface area contributed by atoms with Gasteiger partial charge in [0.05, 0.1) is 16.1 Å². The van der Waals surface area contributed by atoms with Gasteiger partial charge in [0.2, 0.25) is 0 Å². The monoisotopic (exact) mass is 323 g/mol. The van der Waals surface area contributed by atoms with Crippen molar-refractivity contribution in [1.82, 2.24) is 0 Å². The average molecular weight is 324 g/mol. The summed E-state index contributed by atoms with van der Waals surface area (Å²) in [6.45, 7) is 0. The zero-order chi connectivity index (χ0) is 13.9. The second-order valence-electron chi connectivity index (χ2n) is 4.37. The Balaban J connectivity index is 1.95. The van der Waals surface area contributed by atoms with Gasteiger partial charge in [-0.2, -0.15) is 5.26 Å². The minimum Gasteiger partial charge on any atom is -0.456 e. The number of fused-ring (bicyclic) bond motifs is 1. The molecule has 96 valence electrons. The molecule has 0 saturated carbocycles. The van der Waals surface area contributed by atoms with E-state index in [2.05, 4.69) is 34.1 Å². The first-order valence-corrected chi connectivity index (χ1v) is 6.92. The molecule has 0 aliphatic heterocycles. The van der Waals surface area contributed by atoms with Crippen molar-refractivity contribution < 1.29 is 4.74 Å². The number of rotatable bonds is 2. The number of halogens is 1. The van der Waals surface area contributed by atoms with Gasteiger partial charge in [-0.3, -0.25) is 0 Å². The summed E-state index contributed by atoms with van der Waals surface area (Å²) < 4.78 is 6.63. The van der Waals surface area contributed by atoms with Crippen LogP contribution in [0.4, 0.5) is 0 Å². The quantitative estimate of drug-likeness (QED) is 0.643. The van der Waals surface area contributed by atoms with Gasteiger partial charge < -0.3 is 4.74 Å². The van der Waals surface area contributed by atoms with Crippen LogP contribution in [-0.4, -0.2) is 0 Å². The van der Waals surface area contributed by atoms with Crippen LogP contribution in [0, 0.1) is 11.3 Å². The molecule has 0 atom stereocenters. The molecule has 3 aromatic rings. The lowest BCUT2D eigenvalue weighted by Gasteiger charge is -2.09. The molecule has 0 spiro atoms. The second-order valence-corrected chi connectivity index (χ2v) is 5.22. The molecule has 20 heavy (non-hydrogen) atoms. The molecule has 0 unspecified atom stereocenters. The van der Waals surface area contributed by atoms with Crippen LogP contribution in [0.5, 0.6) is 11.5 Å². The lowest BCUT2D eigenvalue weighted by Crippen LogP contribution is -1.86. The van der Waals surface area contributed by atoms with Crippen LogP contribution in [-0.2, 0) is 0 Å². The summed E-state index contributed by atoms with van der Waals surface area (Å²) in [5, 5.41) is 11.2. The van der Waals surface area contributed by atoms with E-state index in [0.29, 0.717) is 11.3 Å². The number of benzene rings is 3. The van der Waals surface area contributed by atoms with E-state index in [0.717, 1.165) is 15.6 Å². The Morgan fingerprint density at radius 3 is 2.45 bits per heavy atom. The Morgan fingerprint density at radius 1 is 0.900 bits per heavy atom. The number of hydrogen-bond donors (Lipinski definition) is 0. The van der Waals surface area contributed by atoms with Gasteiger partial charge in [0.25, 0.3) is 0 Å². The largest absolute Gasteiger partial charge is 0.456 e. The Hall–Kier alpha value is -2.31. The van der Waals surface area contributed by atoms with Crippen LogP contribution >= 0.6 is 15.9 Å². The van der Waals surface area contributed by atoms with E-state index in [9.17, 15) is 0 Å². The van der Waals surface area contributed by atoms with E-state index in [1.54, 1.807) is 18.2 Å². The van der Waals surface area contributed by atoms with Crippen molar-refractivity contribution in [2.45, 2.75) is 0 Å². The van der Waals surface area contributed by atoms with Gasteiger partial charge in [0, 0.05) is 0 Å². The topological polar surface area (TPSA) is 33.0 Å². The highest BCUT2D eigenvalue weighted by molar-refractivity contribution is 9.10. The summed E-state index contributed by atoms with van der Waals surface area (Å²) in [4.78, 5) is 0. The highest BCUT2D eigenvalue weighted by Gasteiger charge is 2.04. The van der Waals surface area contributed by atoms with Crippen molar-refractivity contribution in [2.24, 2.45) is 0 Å². The van der Waals surface area contributed by atoms with Crippen molar-refractivity contribution in [3.8, 4) is 17.6 Å². The molecule has 3 aromatic carbocycles. The highest BCUT2D eigenvalue weighted by Crippen LogP contribution is 2.31. The summed E-state index contributed by atoms with van der Waals surface area (Å²) in [6, 6.07) is 21.5. The molecular weight excluding hydrogens is 314 g/mol. The molecule has 0 aromatic heterocycles. The van der Waals surface area contributed by atoms with Crippen molar-refractivity contribution >= 4 is 26.7 Å². The van der Waals surface area contributed by atoms with Gasteiger partial charge in [0.15, 0.2) is 0 Å². The van der Waals surface area contributed by atoms with Crippen LogP contribution in [0.2, 0.25) is 0 Å². The average Bonchev–Trinajstić information content (AvgIpc) is 2.49. The van der Waals surface area contributed by atoms with Crippen molar-refractivity contribution in [1.29, 1.82) is 5.26 Å². The summed E-state index contributed by atoms with van der Waals surface area (Å²) >= 11 is 3.42. The van der Waals surface area contributed by atoms with E-state index < -0.39 is 0 Å². The van der Waals surface area contributed by atoms with E-state index >= 15 is 0 Å². The van der Waals surface area contributed by atoms with E-state index in [1.165, 1.54) is 5.39 Å². The molecule has 0 radical (unpaired) electrons. The molecule has 2 nitrogen and oxygen atoms in total. The second kappa shape index (κ2) is 5.36. The number of nitrogens with zero attached hydrogens (tertiary/aromatic N) is 1. The first-order chi connectivity index (χ1) is 9.76. The summed E-state index contributed by atoms with van der Waals surface area (Å²) in [5.74, 6) is 1.47. The molecule has 0 aliphatic carbocycles. The first kappa shape index (κ1) is 12.7. The summed E-state index contributed by atoms with van der Waals surface area (Å²) in [5.41, 5.74) is 0.600. The van der Waals surface area contributed by atoms with Crippen molar-refractivity contribution in [3.05, 3.63) is 70.7 Å². The predicted octanol–water partition coefficient (Wildman–Crippen LogP) is 5.27. The van der Waals surface area contributed by atoms with Gasteiger partial charge in [-0.15, -0.1) is 0 Å². The third kappa shape index (κ3) is 2.52. The molecule has 0 N–H and O–H groups in total. The van der Waals surface area contributed by atoms with E-state index in [1.807, 2.05) is 30.3 Å². The molecular formula is C17H10BrNO. The fourth-order valence-corrected chi connectivity index (χ4v) is 2.47. The lowest BCUT2D eigenvalue weighted by atomic mass is 10.1. The Bertz CT molecular complexity index is 821. The minimum absolute atomic E-state index is 0.600. The van der Waals surface area contributed by atoms with Gasteiger partial charge in [-0.1, -0.05) is 30.3 Å². The Morgan fingerprint density at radius 2 is 1.70 bits per heavy atom. The number of hydrogen-bond acceptors (Lipinski definition) is 2. The molecule has 0 aliphatic rings. The Labute approximate surface area is 125 Å². The number of nitriles is 1. The van der Waals surface area contributed by atoms with Crippen molar-refractivity contribution in [2.75, 3.05) is 0 Å². The van der Waals surface area contributed by atoms with Crippen molar-refractivity contribution in [3.63, 3.8) is 0 Å². The van der Waals surface area contributed by atoms with Crippen LogP contribution in [0.1, 0.15) is 5.56 Å². The van der Waals surface area contributed by atoms with E-state index in [4.69, 9.17) is 10.00 Å². The maximum absolute atomic E-state index is 8.85. The van der Waals surface area contributed by atoms with Crippen LogP contribution in [0.25, 0.3) is 10.8 Å². The maximum Gasteiger partial charge on any atom is 0.141 e. The molecule has 0 saturated heterocycles. The van der Waals surface area contributed by atoms with Crippen LogP contribution in [0.3, 0.4) is 0 Å². The zero-order valence-electron chi connectivity index (χ0n) is 10.5. The van der Waals surface area contributed by atoms with Crippen LogP contribution in [0.15, 0.2) is 65.1 Å².